The maximum atomic E-state index is 14.0. The van der Waals surface area contributed by atoms with E-state index in [9.17, 15) is 24.3 Å². The van der Waals surface area contributed by atoms with Crippen LogP contribution in [0.1, 0.15) is 29.9 Å². The molecule has 2 aromatic rings. The van der Waals surface area contributed by atoms with E-state index in [1.807, 2.05) is 6.08 Å². The fourth-order valence-corrected chi connectivity index (χ4v) is 6.96. The summed E-state index contributed by atoms with van der Waals surface area (Å²) in [6.07, 6.45) is 5.44. The normalized spacial score (nSPS) is 26.1. The molecule has 1 saturated heterocycles. The van der Waals surface area contributed by atoms with Crippen LogP contribution in [0.3, 0.4) is 0 Å². The van der Waals surface area contributed by atoms with Crippen molar-refractivity contribution in [3.63, 3.8) is 0 Å². The van der Waals surface area contributed by atoms with Crippen molar-refractivity contribution < 1.29 is 29.0 Å². The minimum atomic E-state index is -0.677. The summed E-state index contributed by atoms with van der Waals surface area (Å²) in [5, 5.41) is 10.1. The number of fused-ring (bicyclic) bond motifs is 3. The van der Waals surface area contributed by atoms with Gasteiger partial charge in [0.15, 0.2) is 11.6 Å². The molecule has 3 aliphatic carbocycles. The second-order valence-electron chi connectivity index (χ2n) is 10.1. The SMILES string of the molecule is C=Cc1ccc(N2C(=O)C3CC=C4C(c5ccc(O)cc5OC)C5=C(CC4C3C2=O)C(=O)C(Br)=CC5=O)cc1. The number of carbonyl (C=O) groups is 4. The number of amides is 2. The Balaban J connectivity index is 1.49. The lowest BCUT2D eigenvalue weighted by Gasteiger charge is -2.42. The van der Waals surface area contributed by atoms with Crippen LogP contribution in [-0.2, 0) is 19.2 Å². The first-order valence-electron chi connectivity index (χ1n) is 12.6. The summed E-state index contributed by atoms with van der Waals surface area (Å²) >= 11 is 3.24. The molecular weight excluding hydrogens is 562 g/mol. The van der Waals surface area contributed by atoms with Crippen LogP contribution in [0.25, 0.3) is 6.08 Å². The lowest BCUT2D eigenvalue weighted by atomic mass is 9.59. The Morgan fingerprint density at radius 2 is 1.79 bits per heavy atom. The number of aromatic hydroxyl groups is 1. The van der Waals surface area contributed by atoms with E-state index in [0.29, 0.717) is 34.6 Å². The fourth-order valence-electron chi connectivity index (χ4n) is 6.51. The topological polar surface area (TPSA) is 101 Å². The number of anilines is 1. The number of hydrogen-bond acceptors (Lipinski definition) is 6. The Morgan fingerprint density at radius 3 is 2.49 bits per heavy atom. The third kappa shape index (κ3) is 3.77. The van der Waals surface area contributed by atoms with Gasteiger partial charge >= 0.3 is 0 Å². The van der Waals surface area contributed by atoms with Crippen LogP contribution in [0, 0.1) is 17.8 Å². The number of allylic oxidation sites excluding steroid dienone is 6. The van der Waals surface area contributed by atoms with E-state index in [2.05, 4.69) is 22.5 Å². The molecule has 8 heteroatoms. The van der Waals surface area contributed by atoms with Gasteiger partial charge in [-0.15, -0.1) is 0 Å². The number of Topliss-reactive ketones (excluding diaryl/α,β-unsaturated/α-hetero) is 1. The van der Waals surface area contributed by atoms with Crippen molar-refractivity contribution in [3.05, 3.63) is 93.5 Å². The molecule has 196 valence electrons. The van der Waals surface area contributed by atoms with Crippen molar-refractivity contribution in [2.45, 2.75) is 18.8 Å². The summed E-state index contributed by atoms with van der Waals surface area (Å²) in [6, 6.07) is 11.7. The predicted octanol–water partition coefficient (Wildman–Crippen LogP) is 5.01. The van der Waals surface area contributed by atoms with Crippen LogP contribution in [0.15, 0.2) is 82.4 Å². The largest absolute Gasteiger partial charge is 0.508 e. The van der Waals surface area contributed by atoms with Crippen molar-refractivity contribution in [1.29, 1.82) is 0 Å². The highest BCUT2D eigenvalue weighted by molar-refractivity contribution is 9.12. The summed E-state index contributed by atoms with van der Waals surface area (Å²) < 4.78 is 5.74. The molecule has 4 aliphatic rings. The Kier molecular flexibility index (Phi) is 6.03. The molecule has 0 spiro atoms. The van der Waals surface area contributed by atoms with Crippen molar-refractivity contribution in [1.82, 2.24) is 0 Å². The fraction of sp³-hybridized carbons (Fsp3) is 0.226. The van der Waals surface area contributed by atoms with Crippen LogP contribution >= 0.6 is 15.9 Å². The smallest absolute Gasteiger partial charge is 0.238 e. The first-order chi connectivity index (χ1) is 18.7. The number of carbonyl (C=O) groups excluding carboxylic acids is 4. The van der Waals surface area contributed by atoms with Crippen molar-refractivity contribution in [2.24, 2.45) is 17.8 Å². The van der Waals surface area contributed by atoms with Gasteiger partial charge in [0.05, 0.1) is 29.1 Å². The molecule has 1 N–H and O–H groups in total. The van der Waals surface area contributed by atoms with Gasteiger partial charge in [-0.2, -0.15) is 0 Å². The summed E-state index contributed by atoms with van der Waals surface area (Å²) in [7, 11) is 1.47. The molecule has 0 bridgehead atoms. The van der Waals surface area contributed by atoms with E-state index < -0.39 is 23.7 Å². The molecular formula is C31H24BrNO6. The molecule has 7 nitrogen and oxygen atoms in total. The van der Waals surface area contributed by atoms with E-state index in [1.54, 1.807) is 36.4 Å². The van der Waals surface area contributed by atoms with E-state index in [1.165, 1.54) is 30.2 Å². The molecule has 1 aliphatic heterocycles. The Bertz CT molecular complexity index is 1580. The van der Waals surface area contributed by atoms with Gasteiger partial charge in [-0.1, -0.05) is 42.5 Å². The van der Waals surface area contributed by atoms with Crippen LogP contribution < -0.4 is 9.64 Å². The number of ether oxygens (including phenoxy) is 1. The molecule has 4 atom stereocenters. The number of methoxy groups -OCH3 is 1. The highest BCUT2D eigenvalue weighted by Gasteiger charge is 2.56. The lowest BCUT2D eigenvalue weighted by Crippen LogP contribution is -2.39. The van der Waals surface area contributed by atoms with Crippen molar-refractivity contribution >= 4 is 51.1 Å². The monoisotopic (exact) mass is 585 g/mol. The van der Waals surface area contributed by atoms with Gasteiger partial charge in [0.2, 0.25) is 11.8 Å². The van der Waals surface area contributed by atoms with Crippen LogP contribution in [-0.4, -0.2) is 35.6 Å². The second-order valence-corrected chi connectivity index (χ2v) is 11.0. The number of benzene rings is 2. The van der Waals surface area contributed by atoms with E-state index >= 15 is 0 Å². The molecule has 39 heavy (non-hydrogen) atoms. The van der Waals surface area contributed by atoms with E-state index in [4.69, 9.17) is 4.74 Å². The zero-order valence-electron chi connectivity index (χ0n) is 21.0. The van der Waals surface area contributed by atoms with E-state index in [0.717, 1.165) is 11.1 Å². The average Bonchev–Trinajstić information content (AvgIpc) is 3.20. The number of imide groups is 1. The van der Waals surface area contributed by atoms with Gasteiger partial charge in [0, 0.05) is 34.8 Å². The molecule has 4 unspecified atom stereocenters. The number of phenolic OH excluding ortho intramolecular Hbond substituents is 1. The van der Waals surface area contributed by atoms with Gasteiger partial charge in [-0.25, -0.2) is 0 Å². The number of halogens is 1. The molecule has 0 aromatic heterocycles. The Morgan fingerprint density at radius 1 is 1.05 bits per heavy atom. The second kappa shape index (κ2) is 9.31. The first-order valence-corrected chi connectivity index (χ1v) is 13.4. The standard InChI is InChI=1S/C31H24BrNO6/c1-3-15-4-6-16(7-5-15)33-30(37)20-11-10-18-21(27(20)31(33)38)13-22-28(24(35)14-23(32)29(22)36)26(18)19-9-8-17(34)12-25(19)39-2/h3-10,12,14,20-21,26-27,34H,1,11,13H2,2H3. The van der Waals surface area contributed by atoms with Gasteiger partial charge in [-0.3, -0.25) is 24.1 Å². The maximum absolute atomic E-state index is 14.0. The molecule has 1 fully saturated rings. The quantitative estimate of drug-likeness (QED) is 0.307. The van der Waals surface area contributed by atoms with E-state index in [-0.39, 0.29) is 40.0 Å². The minimum Gasteiger partial charge on any atom is -0.508 e. The van der Waals surface area contributed by atoms with Gasteiger partial charge in [0.1, 0.15) is 11.5 Å². The van der Waals surface area contributed by atoms with Gasteiger partial charge < -0.3 is 9.84 Å². The summed E-state index contributed by atoms with van der Waals surface area (Å²) in [5.74, 6) is -3.18. The maximum Gasteiger partial charge on any atom is 0.238 e. The average molecular weight is 586 g/mol. The summed E-state index contributed by atoms with van der Waals surface area (Å²) in [5.41, 5.74) is 3.48. The zero-order valence-corrected chi connectivity index (χ0v) is 22.6. The summed E-state index contributed by atoms with van der Waals surface area (Å²) in [4.78, 5) is 55.5. The molecule has 6 rings (SSSR count). The van der Waals surface area contributed by atoms with Crippen LogP contribution in [0.4, 0.5) is 5.69 Å². The Hall–Kier alpha value is -4.04. The third-order valence-corrected chi connectivity index (χ3v) is 8.84. The molecule has 0 saturated carbocycles. The number of ketones is 2. The van der Waals surface area contributed by atoms with Crippen molar-refractivity contribution in [3.8, 4) is 11.5 Å². The first kappa shape index (κ1) is 25.2. The predicted molar refractivity (Wildman–Crippen MR) is 148 cm³/mol. The molecule has 2 amide bonds. The number of phenols is 1. The number of nitrogens with zero attached hydrogens (tertiary/aromatic N) is 1. The molecule has 0 radical (unpaired) electrons. The highest BCUT2D eigenvalue weighted by Crippen LogP contribution is 2.56. The third-order valence-electron chi connectivity index (χ3n) is 8.25. The number of hydrogen-bond donors (Lipinski definition) is 1. The van der Waals surface area contributed by atoms with Crippen molar-refractivity contribution in [2.75, 3.05) is 12.0 Å². The molecule has 2 aromatic carbocycles. The van der Waals surface area contributed by atoms with Gasteiger partial charge in [-0.05, 0) is 58.5 Å². The number of rotatable bonds is 4. The zero-order chi connectivity index (χ0) is 27.6. The minimum absolute atomic E-state index is 0.00165. The van der Waals surface area contributed by atoms with Crippen LogP contribution in [0.2, 0.25) is 0 Å². The van der Waals surface area contributed by atoms with Crippen LogP contribution in [0.5, 0.6) is 11.5 Å². The highest BCUT2D eigenvalue weighted by atomic mass is 79.9. The lowest BCUT2D eigenvalue weighted by molar-refractivity contribution is -0.123. The Labute approximate surface area is 233 Å². The summed E-state index contributed by atoms with van der Waals surface area (Å²) in [6.45, 7) is 3.75. The molecule has 1 heterocycles. The van der Waals surface area contributed by atoms with Gasteiger partial charge in [0.25, 0.3) is 0 Å².